The molecule has 0 N–H and O–H groups in total. The largest absolute Gasteiger partial charge is 0.306 e. The van der Waals surface area contributed by atoms with Crippen LogP contribution in [0.5, 0.6) is 0 Å². The van der Waals surface area contributed by atoms with Crippen LogP contribution in [0, 0.1) is 0 Å². The van der Waals surface area contributed by atoms with Crippen molar-refractivity contribution in [3.63, 3.8) is 0 Å². The van der Waals surface area contributed by atoms with Gasteiger partial charge < -0.3 is 4.90 Å². The summed E-state index contributed by atoms with van der Waals surface area (Å²) in [4.78, 5) is 4.71. The average Bonchev–Trinajstić information content (AvgIpc) is 2.53. The Bertz CT molecular complexity index is 166. The Morgan fingerprint density at radius 2 is 1.77 bits per heavy atom. The number of rotatable bonds is 1. The lowest BCUT2D eigenvalue weighted by atomic mass is 10.0. The molecule has 2 saturated heterocycles. The Morgan fingerprint density at radius 3 is 2.31 bits per heavy atom. The molecule has 0 saturated carbocycles. The number of nitrogens with zero attached hydrogens (tertiary/aromatic N) is 2. The molecule has 0 aromatic heterocycles. The minimum absolute atomic E-state index is 0.556. The van der Waals surface area contributed by atoms with Gasteiger partial charge >= 0.3 is 0 Å². The van der Waals surface area contributed by atoms with E-state index in [1.807, 2.05) is 0 Å². The topological polar surface area (TPSA) is 6.48 Å². The lowest BCUT2D eigenvalue weighted by Gasteiger charge is -2.34. The van der Waals surface area contributed by atoms with Gasteiger partial charge in [-0.15, -0.1) is 0 Å². The van der Waals surface area contributed by atoms with Gasteiger partial charge in [-0.1, -0.05) is 0 Å². The van der Waals surface area contributed by atoms with Gasteiger partial charge in [0, 0.05) is 19.1 Å². The summed E-state index contributed by atoms with van der Waals surface area (Å²) in [7, 11) is 2.16. The summed E-state index contributed by atoms with van der Waals surface area (Å²) in [5.74, 6) is 0. The molecule has 1 atom stereocenters. The summed E-state index contributed by atoms with van der Waals surface area (Å²) in [6.45, 7) is 4.03. The number of alkyl halides is 1. The van der Waals surface area contributed by atoms with Gasteiger partial charge in [-0.25, -0.2) is 4.39 Å². The van der Waals surface area contributed by atoms with Crippen LogP contribution < -0.4 is 0 Å². The van der Waals surface area contributed by atoms with Gasteiger partial charge in [-0.3, -0.25) is 4.90 Å². The second-order valence-electron chi connectivity index (χ2n) is 4.42. The monoisotopic (exact) mass is 186 g/mol. The second-order valence-corrected chi connectivity index (χ2v) is 4.42. The number of hydrogen-bond acceptors (Lipinski definition) is 2. The first-order valence-corrected chi connectivity index (χ1v) is 5.32. The predicted molar refractivity (Wildman–Crippen MR) is 51.6 cm³/mol. The Balaban J connectivity index is 1.81. The lowest BCUT2D eigenvalue weighted by molar-refractivity contribution is 0.136. The number of hydrogen-bond donors (Lipinski definition) is 0. The Kier molecular flexibility index (Phi) is 2.84. The predicted octanol–water partition coefficient (Wildman–Crippen LogP) is 1.12. The Hall–Kier alpha value is -0.150. The molecule has 13 heavy (non-hydrogen) atoms. The molecule has 2 nitrogen and oxygen atoms in total. The zero-order valence-corrected chi connectivity index (χ0v) is 8.38. The van der Waals surface area contributed by atoms with Crippen molar-refractivity contribution in [1.82, 2.24) is 9.80 Å². The first kappa shape index (κ1) is 9.41. The number of piperidine rings is 1. The summed E-state index contributed by atoms with van der Waals surface area (Å²) in [6.07, 6.45) is 2.65. The third-order valence-corrected chi connectivity index (χ3v) is 3.37. The van der Waals surface area contributed by atoms with Gasteiger partial charge in [0.1, 0.15) is 6.17 Å². The van der Waals surface area contributed by atoms with E-state index in [4.69, 9.17) is 0 Å². The molecule has 2 rings (SSSR count). The molecule has 2 fully saturated rings. The lowest BCUT2D eigenvalue weighted by Crippen LogP contribution is -2.42. The first-order valence-electron chi connectivity index (χ1n) is 5.32. The van der Waals surface area contributed by atoms with Crippen molar-refractivity contribution >= 4 is 0 Å². The van der Waals surface area contributed by atoms with Crippen molar-refractivity contribution in [2.24, 2.45) is 0 Å². The highest BCUT2D eigenvalue weighted by atomic mass is 19.1. The van der Waals surface area contributed by atoms with Crippen LogP contribution >= 0.6 is 0 Å². The smallest absolute Gasteiger partial charge is 0.114 e. The standard InChI is InChI=1S/C10H19FN2/c1-12-5-3-10(4-6-12)13-7-2-9(11)8-13/h9-10H,2-8H2,1H3/t9-/m0/s1. The van der Waals surface area contributed by atoms with E-state index in [2.05, 4.69) is 16.8 Å². The Morgan fingerprint density at radius 1 is 1.08 bits per heavy atom. The molecule has 3 heteroatoms. The maximum atomic E-state index is 13.0. The van der Waals surface area contributed by atoms with Gasteiger partial charge in [0.15, 0.2) is 0 Å². The number of halogens is 1. The van der Waals surface area contributed by atoms with Crippen molar-refractivity contribution < 1.29 is 4.39 Å². The minimum Gasteiger partial charge on any atom is -0.306 e. The van der Waals surface area contributed by atoms with Crippen LogP contribution in [0.2, 0.25) is 0 Å². The number of likely N-dealkylation sites (tertiary alicyclic amines) is 2. The van der Waals surface area contributed by atoms with Crippen molar-refractivity contribution in [3.05, 3.63) is 0 Å². The maximum Gasteiger partial charge on any atom is 0.114 e. The molecule has 0 spiro atoms. The third kappa shape index (κ3) is 2.20. The van der Waals surface area contributed by atoms with Crippen molar-refractivity contribution in [2.45, 2.75) is 31.5 Å². The highest BCUT2D eigenvalue weighted by Gasteiger charge is 2.29. The van der Waals surface area contributed by atoms with E-state index in [1.54, 1.807) is 0 Å². The molecular formula is C10H19FN2. The molecule has 0 unspecified atom stereocenters. The summed E-state index contributed by atoms with van der Waals surface area (Å²) in [5.41, 5.74) is 0. The zero-order valence-electron chi connectivity index (χ0n) is 8.38. The van der Waals surface area contributed by atoms with Crippen molar-refractivity contribution in [2.75, 3.05) is 33.2 Å². The summed E-state index contributed by atoms with van der Waals surface area (Å²) < 4.78 is 13.0. The van der Waals surface area contributed by atoms with E-state index in [-0.39, 0.29) is 0 Å². The molecule has 2 heterocycles. The molecule has 0 radical (unpaired) electrons. The molecular weight excluding hydrogens is 167 g/mol. The maximum absolute atomic E-state index is 13.0. The molecule has 0 amide bonds. The molecule has 0 aliphatic carbocycles. The molecule has 0 aromatic rings. The molecule has 0 bridgehead atoms. The normalized spacial score (nSPS) is 34.2. The van der Waals surface area contributed by atoms with Crippen LogP contribution in [0.3, 0.4) is 0 Å². The van der Waals surface area contributed by atoms with E-state index in [0.717, 1.165) is 13.0 Å². The van der Waals surface area contributed by atoms with Gasteiger partial charge in [0.2, 0.25) is 0 Å². The van der Waals surface area contributed by atoms with E-state index in [9.17, 15) is 4.39 Å². The average molecular weight is 186 g/mol. The second kappa shape index (κ2) is 3.93. The van der Waals surface area contributed by atoms with Crippen molar-refractivity contribution in [3.8, 4) is 0 Å². The van der Waals surface area contributed by atoms with Crippen LogP contribution in [0.15, 0.2) is 0 Å². The summed E-state index contributed by atoms with van der Waals surface area (Å²) in [5, 5.41) is 0. The van der Waals surface area contributed by atoms with Gasteiger partial charge in [0.05, 0.1) is 0 Å². The minimum atomic E-state index is -0.556. The van der Waals surface area contributed by atoms with Crippen LogP contribution in [0.4, 0.5) is 4.39 Å². The summed E-state index contributed by atoms with van der Waals surface area (Å²) in [6, 6.07) is 0.664. The SMILES string of the molecule is CN1CCC(N2CC[C@H](F)C2)CC1. The van der Waals surface area contributed by atoms with Gasteiger partial charge in [-0.05, 0) is 39.4 Å². The summed E-state index contributed by atoms with van der Waals surface area (Å²) >= 11 is 0. The molecule has 76 valence electrons. The van der Waals surface area contributed by atoms with E-state index < -0.39 is 6.17 Å². The third-order valence-electron chi connectivity index (χ3n) is 3.37. The first-order chi connectivity index (χ1) is 6.25. The van der Waals surface area contributed by atoms with Gasteiger partial charge in [0.25, 0.3) is 0 Å². The van der Waals surface area contributed by atoms with E-state index in [0.29, 0.717) is 12.6 Å². The van der Waals surface area contributed by atoms with Crippen LogP contribution in [0.1, 0.15) is 19.3 Å². The molecule has 2 aliphatic heterocycles. The molecule has 0 aromatic carbocycles. The fraction of sp³-hybridized carbons (Fsp3) is 1.00. The van der Waals surface area contributed by atoms with Crippen LogP contribution in [-0.2, 0) is 0 Å². The van der Waals surface area contributed by atoms with Crippen LogP contribution in [0.25, 0.3) is 0 Å². The molecule has 2 aliphatic rings. The van der Waals surface area contributed by atoms with E-state index in [1.165, 1.54) is 25.9 Å². The fourth-order valence-corrected chi connectivity index (χ4v) is 2.43. The van der Waals surface area contributed by atoms with Gasteiger partial charge in [-0.2, -0.15) is 0 Å². The fourth-order valence-electron chi connectivity index (χ4n) is 2.43. The highest BCUT2D eigenvalue weighted by Crippen LogP contribution is 2.21. The quantitative estimate of drug-likeness (QED) is 0.605. The zero-order chi connectivity index (χ0) is 9.26. The Labute approximate surface area is 79.7 Å². The van der Waals surface area contributed by atoms with Crippen LogP contribution in [-0.4, -0.2) is 55.2 Å². The van der Waals surface area contributed by atoms with E-state index >= 15 is 0 Å². The highest BCUT2D eigenvalue weighted by molar-refractivity contribution is 4.84. The van der Waals surface area contributed by atoms with Crippen molar-refractivity contribution in [1.29, 1.82) is 0 Å².